The Morgan fingerprint density at radius 1 is 1.09 bits per heavy atom. The molecule has 246 valence electrons. The molecule has 0 radical (unpaired) electrons. The van der Waals surface area contributed by atoms with Gasteiger partial charge in [-0.3, -0.25) is 14.7 Å². The third kappa shape index (κ3) is 9.03. The Labute approximate surface area is 272 Å². The van der Waals surface area contributed by atoms with Crippen molar-refractivity contribution < 1.29 is 32.2 Å². The molecule has 6 rings (SSSR count). The van der Waals surface area contributed by atoms with Gasteiger partial charge in [-0.1, -0.05) is 30.3 Å². The molecule has 1 saturated heterocycles. The van der Waals surface area contributed by atoms with E-state index in [-0.39, 0.29) is 23.8 Å². The Kier molecular flexibility index (Phi) is 10.3. The number of rotatable bonds is 9. The van der Waals surface area contributed by atoms with E-state index in [2.05, 4.69) is 43.6 Å². The number of carboxylic acid groups (broad SMARTS) is 1. The number of methoxy groups -OCH3 is 1. The van der Waals surface area contributed by atoms with Gasteiger partial charge in [-0.15, -0.1) is 0 Å². The number of sulfonamides is 1. The third-order valence-corrected chi connectivity index (χ3v) is 7.70. The number of nitrogens with zero attached hydrogens (tertiary/aromatic N) is 4. The summed E-state index contributed by atoms with van der Waals surface area (Å²) in [5.41, 5.74) is 4.16. The molecule has 13 nitrogen and oxygen atoms in total. The van der Waals surface area contributed by atoms with Crippen molar-refractivity contribution in [3.8, 4) is 28.5 Å². The number of fused-ring (bicyclic) bond motifs is 1. The molecule has 1 fully saturated rings. The molecule has 1 aliphatic rings. The molecule has 3 aromatic heterocycles. The number of ether oxygens (including phenoxy) is 2. The van der Waals surface area contributed by atoms with Crippen molar-refractivity contribution in [2.75, 3.05) is 31.2 Å². The summed E-state index contributed by atoms with van der Waals surface area (Å²) < 4.78 is 43.4. The van der Waals surface area contributed by atoms with E-state index in [1.807, 2.05) is 42.5 Å². The maximum atomic E-state index is 11.8. The highest BCUT2D eigenvalue weighted by Crippen LogP contribution is 2.35. The fourth-order valence-electron chi connectivity index (χ4n) is 5.31. The molecule has 4 heterocycles. The normalized spacial score (nSPS) is 16.9. The van der Waals surface area contributed by atoms with Gasteiger partial charge in [0.1, 0.15) is 11.4 Å². The van der Waals surface area contributed by atoms with E-state index in [1.54, 1.807) is 30.7 Å². The van der Waals surface area contributed by atoms with Crippen molar-refractivity contribution in [2.24, 2.45) is 0 Å². The predicted molar refractivity (Wildman–Crippen MR) is 178 cm³/mol. The number of carboxylic acids is 1. The summed E-state index contributed by atoms with van der Waals surface area (Å²) in [4.78, 5) is 21.2. The van der Waals surface area contributed by atoms with Crippen molar-refractivity contribution in [1.82, 2.24) is 25.1 Å². The molecule has 14 heteroatoms. The summed E-state index contributed by atoms with van der Waals surface area (Å²) in [6.07, 6.45) is 9.19. The Morgan fingerprint density at radius 3 is 2.51 bits per heavy atom. The lowest BCUT2D eigenvalue weighted by Gasteiger charge is -2.34. The van der Waals surface area contributed by atoms with Crippen molar-refractivity contribution in [2.45, 2.75) is 32.6 Å². The van der Waals surface area contributed by atoms with Crippen LogP contribution >= 0.6 is 0 Å². The highest BCUT2D eigenvalue weighted by Gasteiger charge is 2.24. The summed E-state index contributed by atoms with van der Waals surface area (Å²) in [5, 5.41) is 16.3. The number of aromatic amines is 1. The fourth-order valence-corrected chi connectivity index (χ4v) is 5.86. The summed E-state index contributed by atoms with van der Waals surface area (Å²) in [7, 11) is -2.09. The SMILES string of the molecule is COc1ncc(-c2cc(-c3ncc(CN4C[C@@H](C)O[C@@H](C)C4)o3)c3cn[nH]c3c2)cc1NS(C)(=O)=O.O=C(O)/C=C/c1ccccc1. The number of H-pyrrole nitrogens is 1. The van der Waals surface area contributed by atoms with Crippen LogP contribution in [0.25, 0.3) is 39.6 Å². The maximum absolute atomic E-state index is 11.8. The minimum Gasteiger partial charge on any atom is -0.480 e. The summed E-state index contributed by atoms with van der Waals surface area (Å²) in [5.74, 6) is 0.493. The van der Waals surface area contributed by atoms with E-state index in [9.17, 15) is 13.2 Å². The number of hydrogen-bond acceptors (Lipinski definition) is 10. The number of pyridine rings is 1. The van der Waals surface area contributed by atoms with Crippen LogP contribution in [-0.2, 0) is 26.1 Å². The van der Waals surface area contributed by atoms with Gasteiger partial charge in [-0.25, -0.2) is 23.2 Å². The number of oxazole rings is 1. The molecule has 2 aromatic carbocycles. The molecule has 0 saturated carbocycles. The number of hydrogen-bond donors (Lipinski definition) is 3. The highest BCUT2D eigenvalue weighted by molar-refractivity contribution is 7.92. The van der Waals surface area contributed by atoms with E-state index in [1.165, 1.54) is 7.11 Å². The van der Waals surface area contributed by atoms with Gasteiger partial charge in [0.2, 0.25) is 21.8 Å². The molecule has 5 aromatic rings. The Bertz CT molecular complexity index is 1960. The van der Waals surface area contributed by atoms with E-state index < -0.39 is 16.0 Å². The van der Waals surface area contributed by atoms with Gasteiger partial charge in [-0.05, 0) is 49.2 Å². The van der Waals surface area contributed by atoms with Crippen LogP contribution in [0.15, 0.2) is 77.6 Å². The third-order valence-electron chi connectivity index (χ3n) is 7.11. The van der Waals surface area contributed by atoms with Crippen LogP contribution in [0.2, 0.25) is 0 Å². The monoisotopic (exact) mass is 660 g/mol. The molecule has 0 aliphatic carbocycles. The standard InChI is InChI=1S/C24H28N6O5S.C9H8O2/c1-14-11-30(12-15(2)34-14)13-18-9-26-23(35-18)19-5-16(6-21-20(19)10-27-28-21)17-7-22(29-36(4,31)32)24(33-3)25-8-17;10-9(11)7-6-8-4-2-1-3-5-8/h5-10,14-15,29H,11-13H2,1-4H3,(H,27,28);1-7H,(H,10,11)/b;7-6+/t14-,15+;. The second-order valence-electron chi connectivity index (χ2n) is 11.2. The Morgan fingerprint density at radius 2 is 1.83 bits per heavy atom. The highest BCUT2D eigenvalue weighted by atomic mass is 32.2. The Balaban J connectivity index is 0.000000335. The van der Waals surface area contributed by atoms with E-state index >= 15 is 0 Å². The van der Waals surface area contributed by atoms with Crippen LogP contribution in [0.5, 0.6) is 5.88 Å². The first-order valence-corrected chi connectivity index (χ1v) is 16.6. The summed E-state index contributed by atoms with van der Waals surface area (Å²) in [6, 6.07) is 14.8. The quantitative estimate of drug-likeness (QED) is 0.181. The smallest absolute Gasteiger partial charge is 0.328 e. The number of aliphatic carboxylic acids is 1. The average molecular weight is 661 g/mol. The molecular weight excluding hydrogens is 624 g/mol. The first-order valence-electron chi connectivity index (χ1n) is 14.8. The van der Waals surface area contributed by atoms with Crippen LogP contribution in [0.4, 0.5) is 5.69 Å². The zero-order valence-corrected chi connectivity index (χ0v) is 27.2. The second kappa shape index (κ2) is 14.6. The second-order valence-corrected chi connectivity index (χ2v) is 12.9. The number of nitrogens with one attached hydrogen (secondary N) is 2. The number of carbonyl (C=O) groups is 1. The molecule has 0 amide bonds. The number of benzene rings is 2. The number of aromatic nitrogens is 4. The van der Waals surface area contributed by atoms with Crippen LogP contribution in [0.3, 0.4) is 0 Å². The first-order chi connectivity index (χ1) is 22.5. The molecule has 0 spiro atoms. The van der Waals surface area contributed by atoms with Crippen LogP contribution < -0.4 is 9.46 Å². The molecule has 1 aliphatic heterocycles. The molecule has 47 heavy (non-hydrogen) atoms. The topological polar surface area (TPSA) is 173 Å². The molecule has 3 N–H and O–H groups in total. The zero-order chi connectivity index (χ0) is 33.6. The average Bonchev–Trinajstić information content (AvgIpc) is 3.69. The first kappa shape index (κ1) is 33.3. The van der Waals surface area contributed by atoms with Crippen molar-refractivity contribution >= 4 is 38.7 Å². The lowest BCUT2D eigenvalue weighted by Crippen LogP contribution is -2.44. The van der Waals surface area contributed by atoms with Gasteiger partial charge < -0.3 is 19.0 Å². The summed E-state index contributed by atoms with van der Waals surface area (Å²) in [6.45, 7) is 6.44. The van der Waals surface area contributed by atoms with Crippen molar-refractivity contribution in [1.29, 1.82) is 0 Å². The minimum absolute atomic E-state index is 0.165. The van der Waals surface area contributed by atoms with E-state index in [0.717, 1.165) is 58.8 Å². The molecular formula is C33H36N6O7S. The summed E-state index contributed by atoms with van der Waals surface area (Å²) >= 11 is 0. The largest absolute Gasteiger partial charge is 0.480 e. The molecule has 0 bridgehead atoms. The number of morpholine rings is 1. The van der Waals surface area contributed by atoms with Gasteiger partial charge in [0, 0.05) is 41.9 Å². The Hall–Kier alpha value is -5.05. The van der Waals surface area contributed by atoms with Gasteiger partial charge in [-0.2, -0.15) is 5.10 Å². The van der Waals surface area contributed by atoms with Crippen LogP contribution in [0, 0.1) is 0 Å². The number of anilines is 1. The lowest BCUT2D eigenvalue weighted by atomic mass is 10.0. The zero-order valence-electron chi connectivity index (χ0n) is 26.4. The minimum atomic E-state index is -3.53. The van der Waals surface area contributed by atoms with E-state index in [4.69, 9.17) is 19.0 Å². The van der Waals surface area contributed by atoms with Gasteiger partial charge in [0.25, 0.3) is 0 Å². The van der Waals surface area contributed by atoms with Gasteiger partial charge >= 0.3 is 5.97 Å². The van der Waals surface area contributed by atoms with Gasteiger partial charge in [0.05, 0.1) is 50.0 Å². The maximum Gasteiger partial charge on any atom is 0.328 e. The fraction of sp³-hybridized carbons (Fsp3) is 0.273. The molecule has 2 atom stereocenters. The predicted octanol–water partition coefficient (Wildman–Crippen LogP) is 5.05. The lowest BCUT2D eigenvalue weighted by molar-refractivity contribution is -0.131. The van der Waals surface area contributed by atoms with E-state index in [0.29, 0.717) is 18.0 Å². The van der Waals surface area contributed by atoms with Crippen LogP contribution in [0.1, 0.15) is 25.2 Å². The van der Waals surface area contributed by atoms with Crippen molar-refractivity contribution in [3.63, 3.8) is 0 Å². The van der Waals surface area contributed by atoms with Crippen LogP contribution in [-0.4, -0.2) is 83.2 Å². The van der Waals surface area contributed by atoms with Gasteiger partial charge in [0.15, 0.2) is 0 Å². The molecule has 0 unspecified atom stereocenters. The van der Waals surface area contributed by atoms with Crippen molar-refractivity contribution in [3.05, 3.63) is 84.5 Å².